The molecule has 3 rings (SSSR count). The highest BCUT2D eigenvalue weighted by Crippen LogP contribution is 2.37. The molecule has 0 saturated carbocycles. The molecule has 1 aromatic heterocycles. The number of rotatable bonds is 7. The van der Waals surface area contributed by atoms with Gasteiger partial charge in [0.15, 0.2) is 0 Å². The van der Waals surface area contributed by atoms with Crippen LogP contribution in [0, 0.1) is 11.3 Å². The fraction of sp³-hybridized carbons (Fsp3) is 0.409. The lowest BCUT2D eigenvalue weighted by molar-refractivity contribution is -0.119. The maximum Gasteiger partial charge on any atom is 0.239 e. The second-order valence-electron chi connectivity index (χ2n) is 7.31. The predicted octanol–water partition coefficient (Wildman–Crippen LogP) is 3.57. The summed E-state index contributed by atoms with van der Waals surface area (Å²) in [4.78, 5) is 27.7. The van der Waals surface area contributed by atoms with Gasteiger partial charge in [0.25, 0.3) is 0 Å². The van der Waals surface area contributed by atoms with Crippen LogP contribution in [0.5, 0.6) is 0 Å². The third-order valence-corrected chi connectivity index (χ3v) is 6.24. The SMILES string of the molecule is CCc1ccccc1NC(=O)CN(C)CC(=O)Nc1sc2c(c1C#N)CCCC2. The Bertz CT molecular complexity index is 945. The number of hydrogen-bond donors (Lipinski definition) is 2. The lowest BCUT2D eigenvalue weighted by Crippen LogP contribution is -2.36. The highest BCUT2D eigenvalue weighted by Gasteiger charge is 2.22. The Morgan fingerprint density at radius 3 is 2.55 bits per heavy atom. The molecule has 1 aliphatic carbocycles. The Balaban J connectivity index is 1.55. The van der Waals surface area contributed by atoms with Crippen molar-refractivity contribution in [2.24, 2.45) is 0 Å². The minimum Gasteiger partial charge on any atom is -0.325 e. The first-order valence-electron chi connectivity index (χ1n) is 9.92. The van der Waals surface area contributed by atoms with Crippen molar-refractivity contribution >= 4 is 33.8 Å². The summed E-state index contributed by atoms with van der Waals surface area (Å²) in [7, 11) is 1.73. The van der Waals surface area contributed by atoms with Crippen molar-refractivity contribution in [3.8, 4) is 6.07 Å². The Morgan fingerprint density at radius 2 is 1.83 bits per heavy atom. The molecule has 2 N–H and O–H groups in total. The van der Waals surface area contributed by atoms with Crippen molar-refractivity contribution in [2.75, 3.05) is 30.8 Å². The van der Waals surface area contributed by atoms with E-state index in [0.29, 0.717) is 10.6 Å². The molecule has 1 aromatic carbocycles. The molecule has 0 atom stereocenters. The van der Waals surface area contributed by atoms with E-state index in [-0.39, 0.29) is 24.9 Å². The van der Waals surface area contributed by atoms with E-state index in [1.807, 2.05) is 31.2 Å². The van der Waals surface area contributed by atoms with Crippen molar-refractivity contribution in [3.63, 3.8) is 0 Å². The summed E-state index contributed by atoms with van der Waals surface area (Å²) in [6.45, 7) is 2.23. The molecule has 0 unspecified atom stereocenters. The number of aryl methyl sites for hydroxylation is 2. The molecular formula is C22H26N4O2S. The summed E-state index contributed by atoms with van der Waals surface area (Å²) >= 11 is 1.51. The molecule has 0 saturated heterocycles. The van der Waals surface area contributed by atoms with Crippen molar-refractivity contribution in [1.82, 2.24) is 4.90 Å². The summed E-state index contributed by atoms with van der Waals surface area (Å²) in [5, 5.41) is 15.9. The van der Waals surface area contributed by atoms with Gasteiger partial charge in [-0.25, -0.2) is 0 Å². The topological polar surface area (TPSA) is 85.2 Å². The van der Waals surface area contributed by atoms with Crippen molar-refractivity contribution < 1.29 is 9.59 Å². The zero-order valence-electron chi connectivity index (χ0n) is 16.9. The van der Waals surface area contributed by atoms with Crippen LogP contribution in [0.2, 0.25) is 0 Å². The lowest BCUT2D eigenvalue weighted by atomic mass is 9.96. The number of anilines is 2. The zero-order chi connectivity index (χ0) is 20.8. The van der Waals surface area contributed by atoms with E-state index in [0.717, 1.165) is 48.9 Å². The van der Waals surface area contributed by atoms with Gasteiger partial charge < -0.3 is 10.6 Å². The number of carbonyl (C=O) groups excluding carboxylic acids is 2. The molecule has 0 aliphatic heterocycles. The Hall–Kier alpha value is -2.69. The number of likely N-dealkylation sites (N-methyl/N-ethyl adjacent to an activating group) is 1. The van der Waals surface area contributed by atoms with Gasteiger partial charge in [-0.05, 0) is 56.3 Å². The number of nitrogens with one attached hydrogen (secondary N) is 2. The largest absolute Gasteiger partial charge is 0.325 e. The number of nitrogens with zero attached hydrogens (tertiary/aromatic N) is 2. The van der Waals surface area contributed by atoms with E-state index in [1.54, 1.807) is 11.9 Å². The maximum atomic E-state index is 12.5. The average Bonchev–Trinajstić information content (AvgIpc) is 3.04. The van der Waals surface area contributed by atoms with E-state index in [4.69, 9.17) is 0 Å². The number of nitriles is 1. The predicted molar refractivity (Wildman–Crippen MR) is 116 cm³/mol. The van der Waals surface area contributed by atoms with E-state index in [2.05, 4.69) is 16.7 Å². The van der Waals surface area contributed by atoms with Crippen LogP contribution in [-0.4, -0.2) is 36.9 Å². The standard InChI is InChI=1S/C22H26N4O2S/c1-3-15-8-4-6-10-18(15)24-20(27)13-26(2)14-21(28)25-22-17(12-23)16-9-5-7-11-19(16)29-22/h4,6,8,10H,3,5,7,9,11,13-14H2,1-2H3,(H,24,27)(H,25,28). The molecule has 6 nitrogen and oxygen atoms in total. The summed E-state index contributed by atoms with van der Waals surface area (Å²) in [6, 6.07) is 9.95. The highest BCUT2D eigenvalue weighted by molar-refractivity contribution is 7.16. The minimum atomic E-state index is -0.218. The van der Waals surface area contributed by atoms with Crippen molar-refractivity contribution in [1.29, 1.82) is 5.26 Å². The summed E-state index contributed by atoms with van der Waals surface area (Å²) < 4.78 is 0. The minimum absolute atomic E-state index is 0.0796. The van der Waals surface area contributed by atoms with Crippen LogP contribution in [-0.2, 0) is 28.9 Å². The second kappa shape index (κ2) is 9.68. The normalized spacial score (nSPS) is 12.9. The van der Waals surface area contributed by atoms with Gasteiger partial charge in [0, 0.05) is 10.6 Å². The van der Waals surface area contributed by atoms with Crippen LogP contribution in [0.1, 0.15) is 41.3 Å². The van der Waals surface area contributed by atoms with Crippen LogP contribution in [0.3, 0.4) is 0 Å². The Kier molecular flexibility index (Phi) is 7.02. The van der Waals surface area contributed by atoms with Gasteiger partial charge in [0.2, 0.25) is 11.8 Å². The zero-order valence-corrected chi connectivity index (χ0v) is 17.7. The molecule has 152 valence electrons. The second-order valence-corrected chi connectivity index (χ2v) is 8.41. The van der Waals surface area contributed by atoms with Gasteiger partial charge in [-0.1, -0.05) is 25.1 Å². The molecular weight excluding hydrogens is 384 g/mol. The van der Waals surface area contributed by atoms with Crippen LogP contribution in [0.15, 0.2) is 24.3 Å². The fourth-order valence-electron chi connectivity index (χ4n) is 3.62. The molecule has 29 heavy (non-hydrogen) atoms. The third-order valence-electron chi connectivity index (χ3n) is 5.04. The van der Waals surface area contributed by atoms with Gasteiger partial charge in [0.1, 0.15) is 11.1 Å². The highest BCUT2D eigenvalue weighted by atomic mass is 32.1. The van der Waals surface area contributed by atoms with Crippen molar-refractivity contribution in [3.05, 3.63) is 45.8 Å². The van der Waals surface area contributed by atoms with Gasteiger partial charge in [-0.2, -0.15) is 5.26 Å². The third kappa shape index (κ3) is 5.22. The fourth-order valence-corrected chi connectivity index (χ4v) is 4.88. The first-order chi connectivity index (χ1) is 14.0. The number of para-hydroxylation sites is 1. The van der Waals surface area contributed by atoms with Crippen LogP contribution in [0.4, 0.5) is 10.7 Å². The number of thiophene rings is 1. The molecule has 1 heterocycles. The van der Waals surface area contributed by atoms with Gasteiger partial charge in [0.05, 0.1) is 18.7 Å². The number of benzene rings is 1. The lowest BCUT2D eigenvalue weighted by Gasteiger charge is -2.16. The molecule has 0 fully saturated rings. The quantitative estimate of drug-likeness (QED) is 0.731. The van der Waals surface area contributed by atoms with Gasteiger partial charge >= 0.3 is 0 Å². The summed E-state index contributed by atoms with van der Waals surface area (Å²) in [5.41, 5.74) is 3.59. The van der Waals surface area contributed by atoms with Crippen LogP contribution >= 0.6 is 11.3 Å². The molecule has 2 aromatic rings. The number of hydrogen-bond acceptors (Lipinski definition) is 5. The average molecular weight is 411 g/mol. The van der Waals surface area contributed by atoms with E-state index in [9.17, 15) is 14.9 Å². The molecule has 1 aliphatic rings. The molecule has 2 amide bonds. The van der Waals surface area contributed by atoms with Crippen molar-refractivity contribution in [2.45, 2.75) is 39.0 Å². The molecule has 7 heteroatoms. The Morgan fingerprint density at radius 1 is 1.14 bits per heavy atom. The number of fused-ring (bicyclic) bond motifs is 1. The van der Waals surface area contributed by atoms with E-state index >= 15 is 0 Å². The van der Waals surface area contributed by atoms with Crippen LogP contribution in [0.25, 0.3) is 0 Å². The smallest absolute Gasteiger partial charge is 0.239 e. The van der Waals surface area contributed by atoms with E-state index < -0.39 is 0 Å². The maximum absolute atomic E-state index is 12.5. The first-order valence-corrected chi connectivity index (χ1v) is 10.7. The van der Waals surface area contributed by atoms with Gasteiger partial charge in [-0.15, -0.1) is 11.3 Å². The molecule has 0 bridgehead atoms. The first kappa shape index (κ1) is 21.0. The monoisotopic (exact) mass is 410 g/mol. The van der Waals surface area contributed by atoms with Crippen LogP contribution < -0.4 is 10.6 Å². The Labute approximate surface area is 175 Å². The van der Waals surface area contributed by atoms with E-state index in [1.165, 1.54) is 16.2 Å². The number of amides is 2. The molecule has 0 spiro atoms. The summed E-state index contributed by atoms with van der Waals surface area (Å²) in [5.74, 6) is -0.380. The number of carbonyl (C=O) groups is 2. The summed E-state index contributed by atoms with van der Waals surface area (Å²) in [6.07, 6.45) is 4.93. The molecule has 0 radical (unpaired) electrons. The van der Waals surface area contributed by atoms with Gasteiger partial charge in [-0.3, -0.25) is 14.5 Å².